The first-order chi connectivity index (χ1) is 19.5. The van der Waals surface area contributed by atoms with Crippen molar-refractivity contribution in [1.82, 2.24) is 28.5 Å². The van der Waals surface area contributed by atoms with Gasteiger partial charge in [0.05, 0.1) is 12.6 Å². The highest BCUT2D eigenvalue weighted by atomic mass is 16.2. The molecule has 0 spiro atoms. The molecule has 0 N–H and O–H groups in total. The zero-order valence-corrected chi connectivity index (χ0v) is 23.0. The van der Waals surface area contributed by atoms with Crippen LogP contribution in [0.2, 0.25) is 0 Å². The first-order valence-corrected chi connectivity index (χ1v) is 13.8. The van der Waals surface area contributed by atoms with Gasteiger partial charge in [-0.15, -0.1) is 0 Å². The molecule has 5 aromatic rings. The lowest BCUT2D eigenvalue weighted by Crippen LogP contribution is -2.47. The Hall–Kier alpha value is -4.27. The van der Waals surface area contributed by atoms with Crippen molar-refractivity contribution in [2.75, 3.05) is 26.2 Å². The molecule has 0 radical (unpaired) electrons. The number of imidazole rings is 1. The molecular weight excluding hydrogens is 500 g/mol. The predicted octanol–water partition coefficient (Wildman–Crippen LogP) is 3.39. The van der Waals surface area contributed by atoms with E-state index in [1.807, 2.05) is 34.9 Å². The number of hydrogen-bond acceptors (Lipinski definition) is 5. The first kappa shape index (κ1) is 26.0. The summed E-state index contributed by atoms with van der Waals surface area (Å²) in [6.07, 6.45) is 0. The number of piperazine rings is 1. The fraction of sp³-hybridized carbons (Fsp3) is 0.281. The summed E-state index contributed by atoms with van der Waals surface area (Å²) in [5.74, 6) is 0.799. The van der Waals surface area contributed by atoms with E-state index in [1.165, 1.54) is 27.3 Å². The summed E-state index contributed by atoms with van der Waals surface area (Å²) < 4.78 is 4.64. The Bertz CT molecular complexity index is 1680. The second-order valence-electron chi connectivity index (χ2n) is 10.5. The number of benzene rings is 3. The molecule has 3 heterocycles. The number of hydrogen-bond donors (Lipinski definition) is 0. The van der Waals surface area contributed by atoms with E-state index in [0.717, 1.165) is 37.6 Å². The van der Waals surface area contributed by atoms with E-state index in [0.29, 0.717) is 24.3 Å². The van der Waals surface area contributed by atoms with Crippen molar-refractivity contribution in [1.29, 1.82) is 0 Å². The van der Waals surface area contributed by atoms with Crippen molar-refractivity contribution in [3.05, 3.63) is 134 Å². The van der Waals surface area contributed by atoms with Crippen LogP contribution in [0, 0.1) is 0 Å². The van der Waals surface area contributed by atoms with Gasteiger partial charge in [0.2, 0.25) is 0 Å². The van der Waals surface area contributed by atoms with Crippen LogP contribution in [0.1, 0.15) is 28.6 Å². The highest BCUT2D eigenvalue weighted by Crippen LogP contribution is 2.29. The predicted molar refractivity (Wildman–Crippen MR) is 157 cm³/mol. The SMILES string of the molecule is Cn1c(=O)c2c(nc(CN3CCN(C(c4ccccc4)c4ccccc4)CC3)n2Cc2ccccc2)n(C)c1=O. The average Bonchev–Trinajstić information content (AvgIpc) is 3.35. The van der Waals surface area contributed by atoms with E-state index in [4.69, 9.17) is 4.98 Å². The Morgan fingerprint density at radius 2 is 1.25 bits per heavy atom. The van der Waals surface area contributed by atoms with Crippen LogP contribution in [-0.2, 0) is 27.2 Å². The van der Waals surface area contributed by atoms with E-state index in [1.54, 1.807) is 7.05 Å². The topological polar surface area (TPSA) is 68.3 Å². The maximum atomic E-state index is 13.3. The average molecular weight is 535 g/mol. The van der Waals surface area contributed by atoms with Gasteiger partial charge in [-0.25, -0.2) is 9.78 Å². The molecule has 3 aromatic carbocycles. The van der Waals surface area contributed by atoms with Crippen molar-refractivity contribution < 1.29 is 0 Å². The summed E-state index contributed by atoms with van der Waals surface area (Å²) in [6.45, 7) is 4.70. The van der Waals surface area contributed by atoms with Gasteiger partial charge in [-0.2, -0.15) is 0 Å². The van der Waals surface area contributed by atoms with E-state index in [9.17, 15) is 9.59 Å². The third-order valence-corrected chi connectivity index (χ3v) is 7.98. The van der Waals surface area contributed by atoms with Crippen LogP contribution in [0.15, 0.2) is 101 Å². The van der Waals surface area contributed by atoms with Gasteiger partial charge in [-0.3, -0.25) is 23.7 Å². The highest BCUT2D eigenvalue weighted by molar-refractivity contribution is 5.71. The fourth-order valence-electron chi connectivity index (χ4n) is 5.81. The minimum atomic E-state index is -0.366. The Balaban J connectivity index is 1.29. The quantitative estimate of drug-likeness (QED) is 0.320. The van der Waals surface area contributed by atoms with Crippen LogP contribution >= 0.6 is 0 Å². The molecule has 8 heteroatoms. The van der Waals surface area contributed by atoms with Crippen molar-refractivity contribution in [2.45, 2.75) is 19.1 Å². The molecule has 0 saturated carbocycles. The molecule has 8 nitrogen and oxygen atoms in total. The Morgan fingerprint density at radius 3 is 1.82 bits per heavy atom. The third kappa shape index (κ3) is 4.92. The lowest BCUT2D eigenvalue weighted by molar-refractivity contribution is 0.102. The smallest absolute Gasteiger partial charge is 0.317 e. The molecule has 2 aromatic heterocycles. The Labute approximate surface area is 233 Å². The first-order valence-electron chi connectivity index (χ1n) is 13.8. The molecule has 0 atom stereocenters. The van der Waals surface area contributed by atoms with Crippen LogP contribution in [-0.4, -0.2) is 54.7 Å². The van der Waals surface area contributed by atoms with Crippen LogP contribution in [0.3, 0.4) is 0 Å². The van der Waals surface area contributed by atoms with Gasteiger partial charge < -0.3 is 4.57 Å². The zero-order chi connectivity index (χ0) is 27.6. The molecule has 0 aliphatic carbocycles. The van der Waals surface area contributed by atoms with Crippen molar-refractivity contribution in [3.8, 4) is 0 Å². The fourth-order valence-corrected chi connectivity index (χ4v) is 5.81. The van der Waals surface area contributed by atoms with E-state index < -0.39 is 0 Å². The van der Waals surface area contributed by atoms with Gasteiger partial charge in [0.25, 0.3) is 5.56 Å². The number of nitrogens with zero attached hydrogens (tertiary/aromatic N) is 6. The Morgan fingerprint density at radius 1 is 0.700 bits per heavy atom. The number of fused-ring (bicyclic) bond motifs is 1. The standard InChI is InChI=1S/C32H34N6O2/c1-34-30-29(31(39)35(2)32(34)40)38(22-24-12-6-3-7-13-24)27(33-30)23-36-18-20-37(21-19-36)28(25-14-8-4-9-15-25)26-16-10-5-11-17-26/h3-17,28H,18-23H2,1-2H3. The molecule has 40 heavy (non-hydrogen) atoms. The lowest BCUT2D eigenvalue weighted by Gasteiger charge is -2.39. The van der Waals surface area contributed by atoms with Crippen LogP contribution in [0.5, 0.6) is 0 Å². The molecule has 6 rings (SSSR count). The second kappa shape index (κ2) is 11.1. The van der Waals surface area contributed by atoms with Gasteiger partial charge >= 0.3 is 5.69 Å². The maximum absolute atomic E-state index is 13.3. The molecule has 1 fully saturated rings. The third-order valence-electron chi connectivity index (χ3n) is 7.98. The highest BCUT2D eigenvalue weighted by Gasteiger charge is 2.28. The number of aromatic nitrogens is 4. The second-order valence-corrected chi connectivity index (χ2v) is 10.5. The zero-order valence-electron chi connectivity index (χ0n) is 23.0. The summed E-state index contributed by atoms with van der Waals surface area (Å²) in [5, 5.41) is 0. The van der Waals surface area contributed by atoms with Gasteiger partial charge in [-0.1, -0.05) is 91.0 Å². The lowest BCUT2D eigenvalue weighted by atomic mass is 9.96. The Kier molecular flexibility index (Phi) is 7.19. The molecule has 1 aliphatic rings. The van der Waals surface area contributed by atoms with Crippen LogP contribution < -0.4 is 11.2 Å². The molecule has 204 valence electrons. The van der Waals surface area contributed by atoms with Gasteiger partial charge in [0.15, 0.2) is 11.2 Å². The largest absolute Gasteiger partial charge is 0.332 e. The van der Waals surface area contributed by atoms with Crippen molar-refractivity contribution in [2.24, 2.45) is 14.1 Å². The molecule has 0 bridgehead atoms. The summed E-state index contributed by atoms with van der Waals surface area (Å²) in [7, 11) is 3.21. The summed E-state index contributed by atoms with van der Waals surface area (Å²) >= 11 is 0. The minimum absolute atomic E-state index is 0.199. The number of rotatable bonds is 7. The molecule has 0 unspecified atom stereocenters. The van der Waals surface area contributed by atoms with Crippen molar-refractivity contribution in [3.63, 3.8) is 0 Å². The van der Waals surface area contributed by atoms with Crippen molar-refractivity contribution >= 4 is 11.2 Å². The van der Waals surface area contributed by atoms with Crippen LogP contribution in [0.25, 0.3) is 11.2 Å². The summed E-state index contributed by atoms with van der Waals surface area (Å²) in [5.41, 5.74) is 3.90. The summed E-state index contributed by atoms with van der Waals surface area (Å²) in [6, 6.07) is 31.7. The normalized spacial score (nSPS) is 14.8. The van der Waals surface area contributed by atoms with E-state index >= 15 is 0 Å². The van der Waals surface area contributed by atoms with Gasteiger partial charge in [0, 0.05) is 46.8 Å². The van der Waals surface area contributed by atoms with E-state index in [2.05, 4.69) is 70.5 Å². The maximum Gasteiger partial charge on any atom is 0.332 e. The van der Waals surface area contributed by atoms with Crippen LogP contribution in [0.4, 0.5) is 0 Å². The molecule has 1 aliphatic heterocycles. The van der Waals surface area contributed by atoms with Gasteiger partial charge in [0.1, 0.15) is 5.82 Å². The minimum Gasteiger partial charge on any atom is -0.317 e. The van der Waals surface area contributed by atoms with Gasteiger partial charge in [-0.05, 0) is 16.7 Å². The monoisotopic (exact) mass is 534 g/mol. The molecule has 0 amide bonds. The summed E-state index contributed by atoms with van der Waals surface area (Å²) in [4.78, 5) is 35.8. The molecule has 1 saturated heterocycles. The van der Waals surface area contributed by atoms with E-state index in [-0.39, 0.29) is 17.3 Å². The molecular formula is C32H34N6O2. The number of aryl methyl sites for hydroxylation is 1.